The van der Waals surface area contributed by atoms with Crippen LogP contribution in [0.25, 0.3) is 0 Å². The van der Waals surface area contributed by atoms with Crippen molar-refractivity contribution in [2.45, 2.75) is 97.5 Å². The van der Waals surface area contributed by atoms with Crippen molar-refractivity contribution in [1.29, 1.82) is 0 Å². The third-order valence-corrected chi connectivity index (χ3v) is 12.6. The second-order valence-electron chi connectivity index (χ2n) is 15.0. The molecule has 5 aliphatic rings. The van der Waals surface area contributed by atoms with Crippen molar-refractivity contribution < 1.29 is 24.2 Å². The molecule has 0 unspecified atom stereocenters. The minimum absolute atomic E-state index is 0.00497. The number of benzene rings is 2. The molecule has 0 bridgehead atoms. The van der Waals surface area contributed by atoms with Crippen LogP contribution < -0.4 is 10.0 Å². The maximum absolute atomic E-state index is 12.9. The molecule has 242 valence electrons. The van der Waals surface area contributed by atoms with Crippen LogP contribution in [0.3, 0.4) is 0 Å². The molecule has 0 aromatic heterocycles. The van der Waals surface area contributed by atoms with Gasteiger partial charge in [-0.3, -0.25) is 14.4 Å². The Kier molecular flexibility index (Phi) is 8.62. The molecule has 2 amide bonds. The van der Waals surface area contributed by atoms with Gasteiger partial charge in [-0.2, -0.15) is 0 Å². The highest BCUT2D eigenvalue weighted by atomic mass is 16.5. The van der Waals surface area contributed by atoms with E-state index in [-0.39, 0.29) is 28.6 Å². The molecule has 3 saturated carbocycles. The number of nitrogens with zero attached hydrogens (tertiary/aromatic N) is 2. The van der Waals surface area contributed by atoms with E-state index in [2.05, 4.69) is 27.7 Å². The average molecular weight is 615 g/mol. The lowest BCUT2D eigenvalue weighted by molar-refractivity contribution is -0.186. The monoisotopic (exact) mass is 614 g/mol. The van der Waals surface area contributed by atoms with Crippen LogP contribution in [0, 0.1) is 40.4 Å². The number of ether oxygens (including phenoxy) is 1. The van der Waals surface area contributed by atoms with Gasteiger partial charge in [-0.05, 0) is 105 Å². The van der Waals surface area contributed by atoms with Gasteiger partial charge >= 0.3 is 5.97 Å². The predicted octanol–water partition coefficient (Wildman–Crippen LogP) is 7.33. The van der Waals surface area contributed by atoms with E-state index in [9.17, 15) is 19.5 Å². The Balaban J connectivity index is 0.000000159. The fourth-order valence-electron chi connectivity index (χ4n) is 9.71. The van der Waals surface area contributed by atoms with E-state index in [4.69, 9.17) is 4.74 Å². The lowest BCUT2D eigenvalue weighted by Gasteiger charge is -2.60. The third kappa shape index (κ3) is 5.39. The molecule has 2 saturated heterocycles. The van der Waals surface area contributed by atoms with Crippen LogP contribution in [0.2, 0.25) is 0 Å². The predicted molar refractivity (Wildman–Crippen MR) is 175 cm³/mol. The van der Waals surface area contributed by atoms with E-state index < -0.39 is 11.5 Å². The minimum Gasteiger partial charge on any atom is -0.465 e. The summed E-state index contributed by atoms with van der Waals surface area (Å²) >= 11 is 0. The number of amides is 2. The standard InChI is InChI=1S/C19H20N2O2.C19H30O3/c1-2-3-14-17-18(22)20(15-10-6-4-7-11-15)21(19(17)23)16-12-8-5-9-13-16;1-17-11-22-16(20)10-12(17)4-5-13-14(17)6-8-18(2)15(13)7-9-19(18,3)21/h4-13,17H,2-3,14H2,1H3;12-15,21H,4-11H2,1-3H3/t;12-,13+,14-,15-,17-,18-,19-/m.0/s1. The van der Waals surface area contributed by atoms with Gasteiger partial charge in [0.2, 0.25) is 0 Å². The molecule has 45 heavy (non-hydrogen) atoms. The summed E-state index contributed by atoms with van der Waals surface area (Å²) in [5, 5.41) is 13.9. The summed E-state index contributed by atoms with van der Waals surface area (Å²) in [6.07, 6.45) is 9.91. The van der Waals surface area contributed by atoms with Crippen LogP contribution in [-0.4, -0.2) is 35.1 Å². The molecular weight excluding hydrogens is 564 g/mol. The highest BCUT2D eigenvalue weighted by Crippen LogP contribution is 2.67. The molecule has 2 aromatic carbocycles. The maximum atomic E-state index is 12.9. The van der Waals surface area contributed by atoms with Gasteiger partial charge in [-0.25, -0.2) is 10.0 Å². The van der Waals surface area contributed by atoms with Crippen LogP contribution in [0.4, 0.5) is 11.4 Å². The first-order valence-corrected chi connectivity index (χ1v) is 17.2. The number of para-hydroxylation sites is 2. The Hall–Kier alpha value is -3.19. The summed E-state index contributed by atoms with van der Waals surface area (Å²) in [5.41, 5.74) is 1.19. The molecule has 0 radical (unpaired) electrons. The number of anilines is 2. The molecular formula is C38H50N2O5. The van der Waals surface area contributed by atoms with E-state index in [1.807, 2.05) is 60.7 Å². The van der Waals surface area contributed by atoms with Gasteiger partial charge in [-0.1, -0.05) is 70.0 Å². The van der Waals surface area contributed by atoms with Crippen LogP contribution in [0.5, 0.6) is 0 Å². The topological polar surface area (TPSA) is 87.2 Å². The molecule has 2 heterocycles. The van der Waals surface area contributed by atoms with Crippen LogP contribution in [0.1, 0.15) is 91.9 Å². The van der Waals surface area contributed by atoms with E-state index in [1.54, 1.807) is 0 Å². The van der Waals surface area contributed by atoms with Crippen molar-refractivity contribution in [2.24, 2.45) is 40.4 Å². The SMILES string of the molecule is CCCCC1C(=O)N(c2ccccc2)N(c2ccccc2)C1=O.C[C@]12COC(=O)C[C@@H]1CC[C@@H]1[C@@H]2CC[C@@]2(C)[C@H]1CC[C@]2(C)O. The minimum atomic E-state index is -0.588. The second-order valence-corrected chi connectivity index (χ2v) is 15.0. The van der Waals surface area contributed by atoms with E-state index >= 15 is 0 Å². The summed E-state index contributed by atoms with van der Waals surface area (Å²) in [4.78, 5) is 37.4. The van der Waals surface area contributed by atoms with Crippen molar-refractivity contribution in [1.82, 2.24) is 0 Å². The number of aliphatic hydroxyl groups is 1. The number of carbonyl (C=O) groups excluding carboxylic acids is 3. The molecule has 7 atom stereocenters. The largest absolute Gasteiger partial charge is 0.465 e. The zero-order valence-electron chi connectivity index (χ0n) is 27.4. The first-order valence-electron chi connectivity index (χ1n) is 17.2. The van der Waals surface area contributed by atoms with Gasteiger partial charge in [-0.15, -0.1) is 0 Å². The average Bonchev–Trinajstić information content (AvgIpc) is 3.44. The van der Waals surface area contributed by atoms with Gasteiger partial charge in [0.15, 0.2) is 0 Å². The molecule has 2 aliphatic heterocycles. The van der Waals surface area contributed by atoms with Crippen molar-refractivity contribution in [3.05, 3.63) is 60.7 Å². The molecule has 5 fully saturated rings. The van der Waals surface area contributed by atoms with E-state index in [1.165, 1.54) is 35.7 Å². The number of hydrogen-bond donors (Lipinski definition) is 1. The summed E-state index contributed by atoms with van der Waals surface area (Å²) in [6, 6.07) is 18.7. The Morgan fingerprint density at radius 1 is 0.800 bits per heavy atom. The van der Waals surface area contributed by atoms with Crippen molar-refractivity contribution >= 4 is 29.2 Å². The molecule has 3 aliphatic carbocycles. The number of rotatable bonds is 5. The van der Waals surface area contributed by atoms with Crippen LogP contribution in [-0.2, 0) is 19.1 Å². The number of esters is 1. The van der Waals surface area contributed by atoms with Gasteiger partial charge in [0.05, 0.1) is 23.6 Å². The summed E-state index contributed by atoms with van der Waals surface area (Å²) < 4.78 is 5.49. The van der Waals surface area contributed by atoms with Gasteiger partial charge in [0.1, 0.15) is 5.92 Å². The number of unbranched alkanes of at least 4 members (excludes halogenated alkanes) is 1. The summed E-state index contributed by atoms with van der Waals surface area (Å²) in [6.45, 7) is 9.45. The Labute approximate surface area is 268 Å². The van der Waals surface area contributed by atoms with Crippen LogP contribution in [0.15, 0.2) is 60.7 Å². The molecule has 7 nitrogen and oxygen atoms in total. The number of fused-ring (bicyclic) bond motifs is 5. The Morgan fingerprint density at radius 2 is 1.38 bits per heavy atom. The molecule has 0 spiro atoms. The first-order chi connectivity index (χ1) is 21.5. The number of cyclic esters (lactones) is 1. The summed E-state index contributed by atoms with van der Waals surface area (Å²) in [5.74, 6) is 1.69. The Morgan fingerprint density at radius 3 is 1.96 bits per heavy atom. The van der Waals surface area contributed by atoms with Gasteiger partial charge in [0, 0.05) is 11.8 Å². The third-order valence-electron chi connectivity index (χ3n) is 12.6. The normalized spacial score (nSPS) is 36.1. The van der Waals surface area contributed by atoms with Gasteiger partial charge in [0.25, 0.3) is 11.8 Å². The quantitative estimate of drug-likeness (QED) is 0.282. The highest BCUT2D eigenvalue weighted by molar-refractivity contribution is 6.23. The lowest BCUT2D eigenvalue weighted by atomic mass is 9.46. The van der Waals surface area contributed by atoms with E-state index in [0.717, 1.165) is 25.7 Å². The molecule has 2 aromatic rings. The molecule has 1 N–H and O–H groups in total. The fraction of sp³-hybridized carbons (Fsp3) is 0.605. The van der Waals surface area contributed by atoms with Gasteiger partial charge < -0.3 is 9.84 Å². The van der Waals surface area contributed by atoms with Crippen molar-refractivity contribution in [2.75, 3.05) is 16.6 Å². The van der Waals surface area contributed by atoms with Crippen molar-refractivity contribution in [3.8, 4) is 0 Å². The van der Waals surface area contributed by atoms with E-state index in [0.29, 0.717) is 54.5 Å². The van der Waals surface area contributed by atoms with Crippen LogP contribution >= 0.6 is 0 Å². The lowest BCUT2D eigenvalue weighted by Crippen LogP contribution is -2.57. The number of hydrazine groups is 1. The smallest absolute Gasteiger partial charge is 0.306 e. The zero-order chi connectivity index (χ0) is 32.0. The Bertz CT molecular complexity index is 1340. The number of carbonyl (C=O) groups is 3. The maximum Gasteiger partial charge on any atom is 0.306 e. The summed E-state index contributed by atoms with van der Waals surface area (Å²) in [7, 11) is 0. The second kappa shape index (κ2) is 12.2. The highest BCUT2D eigenvalue weighted by Gasteiger charge is 2.63. The molecule has 7 heteroatoms. The zero-order valence-corrected chi connectivity index (χ0v) is 27.4. The number of hydrogen-bond acceptors (Lipinski definition) is 5. The fourth-order valence-corrected chi connectivity index (χ4v) is 9.71. The first kappa shape index (κ1) is 31.8. The van der Waals surface area contributed by atoms with Crippen molar-refractivity contribution in [3.63, 3.8) is 0 Å². The molecule has 7 rings (SSSR count).